The molecule has 3 aromatic rings. The van der Waals surface area contributed by atoms with Crippen LogP contribution in [0, 0.1) is 5.82 Å². The molecule has 4 rings (SSSR count). The van der Waals surface area contributed by atoms with E-state index >= 15 is 0 Å². The molecule has 1 amide bonds. The summed E-state index contributed by atoms with van der Waals surface area (Å²) in [5, 5.41) is 12.4. The summed E-state index contributed by atoms with van der Waals surface area (Å²) in [6.45, 7) is 4.39. The summed E-state index contributed by atoms with van der Waals surface area (Å²) in [6, 6.07) is 14.7. The Bertz CT molecular complexity index is 979. The van der Waals surface area contributed by atoms with Crippen molar-refractivity contribution in [2.75, 3.05) is 31.1 Å². The molecule has 0 atom stereocenters. The van der Waals surface area contributed by atoms with Gasteiger partial charge in [-0.3, -0.25) is 4.79 Å². The maximum Gasteiger partial charge on any atom is 0.246 e. The highest BCUT2D eigenvalue weighted by molar-refractivity contribution is 5.76. The minimum absolute atomic E-state index is 0.0414. The van der Waals surface area contributed by atoms with Gasteiger partial charge in [-0.2, -0.15) is 4.80 Å². The molecule has 0 saturated carbocycles. The number of hydrogen-bond donors (Lipinski definition) is 0. The topological polar surface area (TPSA) is 67.2 Å². The van der Waals surface area contributed by atoms with E-state index in [1.807, 2.05) is 35.2 Å². The van der Waals surface area contributed by atoms with E-state index in [1.165, 1.54) is 16.4 Å². The van der Waals surface area contributed by atoms with Crippen LogP contribution in [-0.4, -0.2) is 57.2 Å². The van der Waals surface area contributed by atoms with E-state index in [0.29, 0.717) is 37.7 Å². The molecule has 1 aromatic heterocycles. The number of aromatic nitrogens is 4. The summed E-state index contributed by atoms with van der Waals surface area (Å²) < 4.78 is 14.0. The first-order valence-electron chi connectivity index (χ1n) is 9.78. The summed E-state index contributed by atoms with van der Waals surface area (Å²) in [5.74, 6) is 0.201. The van der Waals surface area contributed by atoms with E-state index in [9.17, 15) is 9.18 Å². The minimum atomic E-state index is -0.237. The molecule has 8 heteroatoms. The lowest BCUT2D eigenvalue weighted by atomic mass is 10.1. The van der Waals surface area contributed by atoms with Crippen LogP contribution in [0.1, 0.15) is 12.5 Å². The molecule has 1 aliphatic rings. The first kappa shape index (κ1) is 19.0. The largest absolute Gasteiger partial charge is 0.366 e. The van der Waals surface area contributed by atoms with Crippen LogP contribution in [0.3, 0.4) is 0 Å². The van der Waals surface area contributed by atoms with E-state index in [1.54, 1.807) is 17.0 Å². The zero-order chi connectivity index (χ0) is 20.2. The number of anilines is 1. The van der Waals surface area contributed by atoms with Gasteiger partial charge in [-0.05, 0) is 29.3 Å². The summed E-state index contributed by atoms with van der Waals surface area (Å²) in [7, 11) is 0. The molecule has 7 nitrogen and oxygen atoms in total. The maximum absolute atomic E-state index is 14.0. The Labute approximate surface area is 168 Å². The predicted molar refractivity (Wildman–Crippen MR) is 108 cm³/mol. The molecule has 29 heavy (non-hydrogen) atoms. The second-order valence-electron chi connectivity index (χ2n) is 7.01. The number of carbonyl (C=O) groups excluding carboxylic acids is 1. The highest BCUT2D eigenvalue weighted by atomic mass is 19.1. The van der Waals surface area contributed by atoms with Crippen molar-refractivity contribution >= 4 is 11.6 Å². The number of amides is 1. The summed E-state index contributed by atoms with van der Waals surface area (Å²) in [5.41, 5.74) is 2.70. The van der Waals surface area contributed by atoms with Crippen LogP contribution in [0.15, 0.2) is 48.5 Å². The van der Waals surface area contributed by atoms with Crippen LogP contribution >= 0.6 is 0 Å². The third-order valence-electron chi connectivity index (χ3n) is 5.18. The van der Waals surface area contributed by atoms with Crippen molar-refractivity contribution in [3.8, 4) is 11.4 Å². The number of tetrazole rings is 1. The molecular formula is C21H23FN6O. The van der Waals surface area contributed by atoms with E-state index in [2.05, 4.69) is 22.3 Å². The van der Waals surface area contributed by atoms with Gasteiger partial charge in [0.1, 0.15) is 12.4 Å². The molecule has 1 saturated heterocycles. The smallest absolute Gasteiger partial charge is 0.246 e. The van der Waals surface area contributed by atoms with Crippen molar-refractivity contribution in [1.29, 1.82) is 0 Å². The SMILES string of the molecule is CCc1ccc(-c2nnn(CC(=O)N3CCN(c4ccccc4F)CC3)n2)cc1. The van der Waals surface area contributed by atoms with Gasteiger partial charge in [0, 0.05) is 31.7 Å². The van der Waals surface area contributed by atoms with Crippen molar-refractivity contribution in [2.24, 2.45) is 0 Å². The van der Waals surface area contributed by atoms with Gasteiger partial charge in [0.2, 0.25) is 11.7 Å². The van der Waals surface area contributed by atoms with Crippen molar-refractivity contribution in [3.05, 3.63) is 59.9 Å². The van der Waals surface area contributed by atoms with Crippen LogP contribution < -0.4 is 4.90 Å². The third kappa shape index (κ3) is 4.26. The number of benzene rings is 2. The first-order chi connectivity index (χ1) is 14.1. The number of carbonyl (C=O) groups is 1. The van der Waals surface area contributed by atoms with Crippen molar-refractivity contribution in [3.63, 3.8) is 0 Å². The van der Waals surface area contributed by atoms with Crippen molar-refractivity contribution in [1.82, 2.24) is 25.1 Å². The molecule has 0 N–H and O–H groups in total. The van der Waals surface area contributed by atoms with E-state index in [0.717, 1.165) is 12.0 Å². The number of aryl methyl sites for hydroxylation is 1. The first-order valence-corrected chi connectivity index (χ1v) is 9.78. The molecule has 0 bridgehead atoms. The van der Waals surface area contributed by atoms with Gasteiger partial charge in [-0.25, -0.2) is 4.39 Å². The Balaban J connectivity index is 1.34. The molecule has 2 aromatic carbocycles. The van der Waals surface area contributed by atoms with Crippen LogP contribution in [0.2, 0.25) is 0 Å². The fourth-order valence-electron chi connectivity index (χ4n) is 3.44. The summed E-state index contributed by atoms with van der Waals surface area (Å²) >= 11 is 0. The number of hydrogen-bond acceptors (Lipinski definition) is 5. The quantitative estimate of drug-likeness (QED) is 0.665. The van der Waals surface area contributed by atoms with Crippen LogP contribution in [0.4, 0.5) is 10.1 Å². The number of piperazine rings is 1. The van der Waals surface area contributed by atoms with Crippen LogP contribution in [0.25, 0.3) is 11.4 Å². The maximum atomic E-state index is 14.0. The molecule has 2 heterocycles. The molecule has 0 spiro atoms. The fraction of sp³-hybridized carbons (Fsp3) is 0.333. The second kappa shape index (κ2) is 8.38. The Hall–Kier alpha value is -3.29. The van der Waals surface area contributed by atoms with Gasteiger partial charge in [-0.1, -0.05) is 43.3 Å². The van der Waals surface area contributed by atoms with Crippen LogP contribution in [0.5, 0.6) is 0 Å². The summed E-state index contributed by atoms with van der Waals surface area (Å²) in [4.78, 5) is 17.7. The number of rotatable bonds is 5. The van der Waals surface area contributed by atoms with Crippen molar-refractivity contribution < 1.29 is 9.18 Å². The average Bonchev–Trinajstić information content (AvgIpc) is 3.23. The third-order valence-corrected chi connectivity index (χ3v) is 5.18. The number of para-hydroxylation sites is 1. The fourth-order valence-corrected chi connectivity index (χ4v) is 3.44. The van der Waals surface area contributed by atoms with Gasteiger partial charge in [0.25, 0.3) is 0 Å². The molecular weight excluding hydrogens is 371 g/mol. The van der Waals surface area contributed by atoms with E-state index < -0.39 is 0 Å². The molecule has 0 unspecified atom stereocenters. The lowest BCUT2D eigenvalue weighted by Crippen LogP contribution is -2.50. The highest BCUT2D eigenvalue weighted by Crippen LogP contribution is 2.20. The Morgan fingerprint density at radius 2 is 1.76 bits per heavy atom. The van der Waals surface area contributed by atoms with Gasteiger partial charge >= 0.3 is 0 Å². The second-order valence-corrected chi connectivity index (χ2v) is 7.01. The molecule has 1 fully saturated rings. The van der Waals surface area contributed by atoms with Crippen LogP contribution in [-0.2, 0) is 17.8 Å². The Morgan fingerprint density at radius 1 is 1.03 bits per heavy atom. The zero-order valence-electron chi connectivity index (χ0n) is 16.3. The zero-order valence-corrected chi connectivity index (χ0v) is 16.3. The van der Waals surface area contributed by atoms with Gasteiger partial charge in [0.15, 0.2) is 0 Å². The summed E-state index contributed by atoms with van der Waals surface area (Å²) in [6.07, 6.45) is 0.971. The molecule has 150 valence electrons. The van der Waals surface area contributed by atoms with Gasteiger partial charge < -0.3 is 9.80 Å². The highest BCUT2D eigenvalue weighted by Gasteiger charge is 2.23. The van der Waals surface area contributed by atoms with Crippen molar-refractivity contribution in [2.45, 2.75) is 19.9 Å². The monoisotopic (exact) mass is 394 g/mol. The molecule has 1 aliphatic heterocycles. The number of nitrogens with zero attached hydrogens (tertiary/aromatic N) is 6. The standard InChI is InChI=1S/C21H23FN6O/c1-2-16-7-9-17(10-8-16)21-23-25-28(24-21)15-20(29)27-13-11-26(12-14-27)19-6-4-3-5-18(19)22/h3-10H,2,11-15H2,1H3. The predicted octanol–water partition coefficient (Wildman–Crippen LogP) is 2.39. The lowest BCUT2D eigenvalue weighted by molar-refractivity contribution is -0.132. The molecule has 0 aliphatic carbocycles. The van der Waals surface area contributed by atoms with Gasteiger partial charge in [0.05, 0.1) is 5.69 Å². The molecule has 0 radical (unpaired) electrons. The number of halogens is 1. The van der Waals surface area contributed by atoms with E-state index in [4.69, 9.17) is 0 Å². The Kier molecular flexibility index (Phi) is 5.50. The average molecular weight is 394 g/mol. The minimum Gasteiger partial charge on any atom is -0.366 e. The van der Waals surface area contributed by atoms with E-state index in [-0.39, 0.29) is 18.3 Å². The Morgan fingerprint density at radius 3 is 2.45 bits per heavy atom. The van der Waals surface area contributed by atoms with Gasteiger partial charge in [-0.15, -0.1) is 10.2 Å². The normalized spacial score (nSPS) is 14.3. The lowest BCUT2D eigenvalue weighted by Gasteiger charge is -2.36.